The van der Waals surface area contributed by atoms with Gasteiger partial charge in [0.2, 0.25) is 0 Å². The number of ether oxygens (including phenoxy) is 1. The van der Waals surface area contributed by atoms with Gasteiger partial charge in [-0.3, -0.25) is 9.98 Å². The van der Waals surface area contributed by atoms with E-state index in [1.54, 1.807) is 23.3 Å². The van der Waals surface area contributed by atoms with Crippen molar-refractivity contribution < 1.29 is 9.84 Å². The number of nitrogens with zero attached hydrogens (tertiary/aromatic N) is 6. The molecule has 1 saturated heterocycles. The quantitative estimate of drug-likeness (QED) is 0.203. The number of aromatic hydroxyl groups is 1. The molecule has 5 N–H and O–H groups in total. The summed E-state index contributed by atoms with van der Waals surface area (Å²) in [4.78, 5) is 16.2. The molecule has 1 fully saturated rings. The van der Waals surface area contributed by atoms with Crippen LogP contribution in [0.15, 0.2) is 69.7 Å². The summed E-state index contributed by atoms with van der Waals surface area (Å²) in [6, 6.07) is 7.19. The molecule has 0 saturated carbocycles. The molecule has 0 aliphatic carbocycles. The fraction of sp³-hybridized carbons (Fsp3) is 0.462. The minimum atomic E-state index is 0.232. The van der Waals surface area contributed by atoms with Crippen molar-refractivity contribution in [3.63, 3.8) is 0 Å². The number of amidine groups is 1. The van der Waals surface area contributed by atoms with Gasteiger partial charge in [-0.2, -0.15) is 0 Å². The van der Waals surface area contributed by atoms with E-state index in [-0.39, 0.29) is 5.75 Å². The standard InChI is InChI=1S/C26H40N8O2/c1-31(2)18-22(27)19-34(28)17-21-8-9-24(32(3)4)25(29-16-21)26(33-10-12-36-13-11-33)30-15-20-6-5-7-23(35)14-20/h5-7,9,14,16,19,35H,8,10-13,15,17-18,27-28H2,1-4H3/b22-19-,30-26?. The van der Waals surface area contributed by atoms with Gasteiger partial charge in [-0.25, -0.2) is 5.84 Å². The van der Waals surface area contributed by atoms with Gasteiger partial charge in [0.1, 0.15) is 11.5 Å². The molecule has 2 heterocycles. The first kappa shape index (κ1) is 27.3. The molecule has 3 rings (SSSR count). The van der Waals surface area contributed by atoms with Crippen molar-refractivity contribution in [2.75, 3.05) is 67.6 Å². The number of likely N-dealkylation sites (N-methyl/N-ethyl adjacent to an activating group) is 1. The Hall–Kier alpha value is -3.34. The second kappa shape index (κ2) is 13.1. The number of phenols is 1. The molecule has 10 nitrogen and oxygen atoms in total. The van der Waals surface area contributed by atoms with Crippen LogP contribution in [0.3, 0.4) is 0 Å². The van der Waals surface area contributed by atoms with Crippen LogP contribution in [0.2, 0.25) is 0 Å². The number of phenolic OH excluding ortho intramolecular Hbond substituents is 1. The Kier molecular flexibility index (Phi) is 9.92. The van der Waals surface area contributed by atoms with Crippen molar-refractivity contribution >= 4 is 11.5 Å². The lowest BCUT2D eigenvalue weighted by molar-refractivity contribution is 0.0687. The van der Waals surface area contributed by atoms with Gasteiger partial charge >= 0.3 is 0 Å². The number of allylic oxidation sites excluding steroid dienone is 1. The summed E-state index contributed by atoms with van der Waals surface area (Å²) < 4.78 is 5.59. The van der Waals surface area contributed by atoms with Crippen LogP contribution in [0, 0.1) is 0 Å². The highest BCUT2D eigenvalue weighted by Crippen LogP contribution is 2.19. The van der Waals surface area contributed by atoms with Gasteiger partial charge in [-0.15, -0.1) is 0 Å². The molecule has 196 valence electrons. The van der Waals surface area contributed by atoms with Crippen molar-refractivity contribution in [2.24, 2.45) is 21.6 Å². The molecule has 0 spiro atoms. The Bertz CT molecular complexity index is 1040. The van der Waals surface area contributed by atoms with Crippen molar-refractivity contribution in [1.82, 2.24) is 19.7 Å². The molecule has 0 unspecified atom stereocenters. The number of hydrogen-bond acceptors (Lipinski definition) is 9. The highest BCUT2D eigenvalue weighted by molar-refractivity contribution is 6.47. The Balaban J connectivity index is 1.91. The van der Waals surface area contributed by atoms with E-state index < -0.39 is 0 Å². The minimum absolute atomic E-state index is 0.232. The zero-order chi connectivity index (χ0) is 26.1. The normalized spacial score (nSPS) is 17.4. The van der Waals surface area contributed by atoms with Crippen LogP contribution in [0.5, 0.6) is 5.75 Å². The average molecular weight is 497 g/mol. The second-order valence-electron chi connectivity index (χ2n) is 9.48. The first-order valence-electron chi connectivity index (χ1n) is 12.1. The third-order valence-corrected chi connectivity index (χ3v) is 5.72. The first-order chi connectivity index (χ1) is 17.2. The molecule has 0 atom stereocenters. The Morgan fingerprint density at radius 3 is 2.64 bits per heavy atom. The summed E-state index contributed by atoms with van der Waals surface area (Å²) in [5.74, 6) is 7.28. The zero-order valence-corrected chi connectivity index (χ0v) is 21.9. The molecule has 0 amide bonds. The fourth-order valence-electron chi connectivity index (χ4n) is 4.09. The number of hydrazine groups is 1. The predicted octanol–water partition coefficient (Wildman–Crippen LogP) is 1.33. The van der Waals surface area contributed by atoms with E-state index in [0.29, 0.717) is 45.0 Å². The summed E-state index contributed by atoms with van der Waals surface area (Å²) in [7, 11) is 7.96. The zero-order valence-electron chi connectivity index (χ0n) is 21.9. The molecule has 0 radical (unpaired) electrons. The van der Waals surface area contributed by atoms with Gasteiger partial charge in [-0.05, 0) is 43.8 Å². The average Bonchev–Trinajstić information content (AvgIpc) is 3.02. The summed E-state index contributed by atoms with van der Waals surface area (Å²) >= 11 is 0. The molecule has 1 aromatic carbocycles. The largest absolute Gasteiger partial charge is 0.508 e. The maximum atomic E-state index is 9.88. The highest BCUT2D eigenvalue weighted by atomic mass is 16.5. The predicted molar refractivity (Wildman–Crippen MR) is 145 cm³/mol. The Labute approximate surface area is 214 Å². The SMILES string of the molecule is CN(C)C/C(N)=C/N(N)CC1=CN=C(C(=NCc2cccc(O)c2)N2CCOCC2)C(N(C)C)=CC1. The van der Waals surface area contributed by atoms with Crippen molar-refractivity contribution in [1.29, 1.82) is 0 Å². The topological polar surface area (TPSA) is 119 Å². The number of rotatable bonds is 9. The monoisotopic (exact) mass is 496 g/mol. The van der Waals surface area contributed by atoms with E-state index in [4.69, 9.17) is 26.3 Å². The van der Waals surface area contributed by atoms with Crippen LogP contribution in [0.1, 0.15) is 12.0 Å². The van der Waals surface area contributed by atoms with Crippen molar-refractivity contribution in [3.05, 3.63) is 65.3 Å². The van der Waals surface area contributed by atoms with Crippen LogP contribution >= 0.6 is 0 Å². The number of benzene rings is 1. The summed E-state index contributed by atoms with van der Waals surface area (Å²) in [6.45, 7) is 4.34. The first-order valence-corrected chi connectivity index (χ1v) is 12.1. The smallest absolute Gasteiger partial charge is 0.152 e. The molecular weight excluding hydrogens is 456 g/mol. The van der Waals surface area contributed by atoms with E-state index >= 15 is 0 Å². The lowest BCUT2D eigenvalue weighted by Crippen LogP contribution is -2.45. The summed E-state index contributed by atoms with van der Waals surface area (Å²) in [5.41, 5.74) is 10.6. The third-order valence-electron chi connectivity index (χ3n) is 5.72. The van der Waals surface area contributed by atoms with Gasteiger partial charge in [0.25, 0.3) is 0 Å². The van der Waals surface area contributed by atoms with Gasteiger partial charge in [0.15, 0.2) is 5.84 Å². The van der Waals surface area contributed by atoms with Crippen LogP contribution in [0.25, 0.3) is 0 Å². The van der Waals surface area contributed by atoms with Crippen LogP contribution < -0.4 is 11.6 Å². The molecule has 1 aromatic rings. The lowest BCUT2D eigenvalue weighted by Gasteiger charge is -2.32. The molecular formula is C26H40N8O2. The van der Waals surface area contributed by atoms with Crippen LogP contribution in [-0.4, -0.2) is 104 Å². The molecule has 0 aromatic heterocycles. The summed E-state index contributed by atoms with van der Waals surface area (Å²) in [6.07, 6.45) is 6.53. The molecule has 10 heteroatoms. The van der Waals surface area contributed by atoms with E-state index in [9.17, 15) is 5.11 Å². The Morgan fingerprint density at radius 1 is 1.22 bits per heavy atom. The Morgan fingerprint density at radius 2 is 1.97 bits per heavy atom. The van der Waals surface area contributed by atoms with E-state index in [1.807, 2.05) is 51.4 Å². The van der Waals surface area contributed by atoms with Crippen molar-refractivity contribution in [3.8, 4) is 5.75 Å². The van der Waals surface area contributed by atoms with E-state index in [1.165, 1.54) is 0 Å². The summed E-state index contributed by atoms with van der Waals surface area (Å²) in [5, 5.41) is 11.5. The molecule has 2 aliphatic heterocycles. The van der Waals surface area contributed by atoms with Crippen LogP contribution in [0.4, 0.5) is 0 Å². The van der Waals surface area contributed by atoms with E-state index in [0.717, 1.165) is 41.5 Å². The van der Waals surface area contributed by atoms with Crippen molar-refractivity contribution in [2.45, 2.75) is 13.0 Å². The minimum Gasteiger partial charge on any atom is -0.508 e. The maximum absolute atomic E-state index is 9.88. The van der Waals surface area contributed by atoms with Gasteiger partial charge < -0.3 is 35.3 Å². The van der Waals surface area contributed by atoms with Gasteiger partial charge in [0.05, 0.1) is 32.0 Å². The van der Waals surface area contributed by atoms with Gasteiger partial charge in [0, 0.05) is 51.8 Å². The third kappa shape index (κ3) is 8.11. The molecule has 36 heavy (non-hydrogen) atoms. The number of hydrogen-bond donors (Lipinski definition) is 3. The number of nitrogens with two attached hydrogens (primary N) is 2. The number of morpholine rings is 1. The lowest BCUT2D eigenvalue weighted by atomic mass is 10.1. The fourth-order valence-corrected chi connectivity index (χ4v) is 4.09. The second-order valence-corrected chi connectivity index (χ2v) is 9.48. The number of aliphatic imine (C=N–C) groups is 2. The molecule has 0 bridgehead atoms. The maximum Gasteiger partial charge on any atom is 0.152 e. The van der Waals surface area contributed by atoms with Gasteiger partial charge in [-0.1, -0.05) is 18.2 Å². The highest BCUT2D eigenvalue weighted by Gasteiger charge is 2.25. The molecule has 2 aliphatic rings. The van der Waals surface area contributed by atoms with E-state index in [2.05, 4.69) is 15.9 Å². The van der Waals surface area contributed by atoms with Crippen LogP contribution in [-0.2, 0) is 11.3 Å².